The maximum Gasteiger partial charge on any atom is 0.335 e. The Kier molecular flexibility index (Phi) is 7.73. The molecule has 3 aromatic carbocycles. The lowest BCUT2D eigenvalue weighted by atomic mass is 10.1. The molecule has 0 radical (unpaired) electrons. The molecule has 10 nitrogen and oxygen atoms in total. The first-order valence-corrected chi connectivity index (χ1v) is 11.9. The van der Waals surface area contributed by atoms with E-state index in [1.54, 1.807) is 43.3 Å². The summed E-state index contributed by atoms with van der Waals surface area (Å²) in [6.07, 6.45) is 1.32. The largest absolute Gasteiger partial charge is 0.490 e. The van der Waals surface area contributed by atoms with E-state index in [-0.39, 0.29) is 41.0 Å². The van der Waals surface area contributed by atoms with Crippen molar-refractivity contribution in [1.29, 1.82) is 0 Å². The van der Waals surface area contributed by atoms with Gasteiger partial charge in [0, 0.05) is 12.1 Å². The molecule has 4 amide bonds. The number of halogens is 1. The predicted molar refractivity (Wildman–Crippen MR) is 140 cm³/mol. The minimum Gasteiger partial charge on any atom is -0.490 e. The zero-order valence-corrected chi connectivity index (χ0v) is 21.2. The van der Waals surface area contributed by atoms with Gasteiger partial charge in [0.25, 0.3) is 17.5 Å². The number of benzene rings is 3. The smallest absolute Gasteiger partial charge is 0.335 e. The zero-order valence-electron chi connectivity index (χ0n) is 20.4. The molecule has 0 atom stereocenters. The first-order chi connectivity index (χ1) is 18.2. The van der Waals surface area contributed by atoms with Gasteiger partial charge in [-0.2, -0.15) is 0 Å². The summed E-state index contributed by atoms with van der Waals surface area (Å²) < 4.78 is 11.5. The van der Waals surface area contributed by atoms with Gasteiger partial charge >= 0.3 is 6.03 Å². The Morgan fingerprint density at radius 1 is 1.05 bits per heavy atom. The number of hydrogen-bond donors (Lipinski definition) is 1. The average Bonchev–Trinajstić information content (AvgIpc) is 2.86. The fourth-order valence-corrected chi connectivity index (χ4v) is 4.04. The van der Waals surface area contributed by atoms with E-state index < -0.39 is 22.8 Å². The maximum atomic E-state index is 13.2. The molecule has 3 aromatic rings. The summed E-state index contributed by atoms with van der Waals surface area (Å²) in [5.41, 5.74) is 1.91. The van der Waals surface area contributed by atoms with Crippen molar-refractivity contribution in [2.75, 3.05) is 11.5 Å². The van der Waals surface area contributed by atoms with Gasteiger partial charge in [-0.05, 0) is 73.0 Å². The Balaban J connectivity index is 1.63. The van der Waals surface area contributed by atoms with Crippen molar-refractivity contribution in [3.8, 4) is 11.5 Å². The molecule has 11 heteroatoms. The van der Waals surface area contributed by atoms with Gasteiger partial charge in [-0.1, -0.05) is 23.7 Å². The summed E-state index contributed by atoms with van der Waals surface area (Å²) >= 11 is 6.49. The van der Waals surface area contributed by atoms with Gasteiger partial charge < -0.3 is 9.47 Å². The molecule has 0 aliphatic carbocycles. The Bertz CT molecular complexity index is 1470. The molecule has 1 N–H and O–H groups in total. The van der Waals surface area contributed by atoms with Crippen molar-refractivity contribution in [3.63, 3.8) is 0 Å². The predicted octanol–water partition coefficient (Wildman–Crippen LogP) is 5.20. The van der Waals surface area contributed by atoms with Gasteiger partial charge in [0.2, 0.25) is 0 Å². The van der Waals surface area contributed by atoms with E-state index in [2.05, 4.69) is 5.32 Å². The molecule has 1 heterocycles. The number of nitrogens with zero attached hydrogens (tertiary/aromatic N) is 2. The number of nitro benzene ring substituents is 1. The number of carbonyl (C=O) groups excluding carboxylic acids is 3. The Labute approximate surface area is 222 Å². The first kappa shape index (κ1) is 26.4. The third-order valence-corrected chi connectivity index (χ3v) is 5.82. The lowest BCUT2D eigenvalue weighted by Gasteiger charge is -2.26. The monoisotopic (exact) mass is 535 g/mol. The fourth-order valence-electron chi connectivity index (χ4n) is 3.77. The lowest BCUT2D eigenvalue weighted by molar-refractivity contribution is -0.384. The molecule has 1 aliphatic rings. The van der Waals surface area contributed by atoms with Gasteiger partial charge in [0.1, 0.15) is 12.2 Å². The van der Waals surface area contributed by atoms with Crippen molar-refractivity contribution in [2.24, 2.45) is 0 Å². The summed E-state index contributed by atoms with van der Waals surface area (Å²) in [6, 6.07) is 14.9. The van der Waals surface area contributed by atoms with E-state index in [0.717, 1.165) is 10.5 Å². The van der Waals surface area contributed by atoms with Crippen LogP contribution in [0.4, 0.5) is 16.2 Å². The highest BCUT2D eigenvalue weighted by atomic mass is 35.5. The fraction of sp³-hybridized carbons (Fsp3) is 0.148. The highest BCUT2D eigenvalue weighted by Gasteiger charge is 2.37. The second-order valence-corrected chi connectivity index (χ2v) is 8.68. The molecule has 1 fully saturated rings. The Morgan fingerprint density at radius 2 is 1.79 bits per heavy atom. The van der Waals surface area contributed by atoms with Crippen LogP contribution in [0.2, 0.25) is 5.02 Å². The quantitative estimate of drug-likeness (QED) is 0.182. The minimum absolute atomic E-state index is 0.0388. The van der Waals surface area contributed by atoms with Gasteiger partial charge in [0.05, 0.1) is 22.2 Å². The van der Waals surface area contributed by atoms with Crippen LogP contribution in [-0.2, 0) is 16.2 Å². The number of amides is 4. The van der Waals surface area contributed by atoms with Crippen LogP contribution in [0.3, 0.4) is 0 Å². The number of nitro groups is 1. The molecule has 0 unspecified atom stereocenters. The van der Waals surface area contributed by atoms with Crippen LogP contribution in [0.5, 0.6) is 11.5 Å². The third-order valence-electron chi connectivity index (χ3n) is 5.53. The third kappa shape index (κ3) is 5.65. The number of non-ortho nitro benzene ring substituents is 1. The number of rotatable bonds is 8. The summed E-state index contributed by atoms with van der Waals surface area (Å²) in [4.78, 5) is 49.5. The normalized spacial score (nSPS) is 14.4. The van der Waals surface area contributed by atoms with Crippen LogP contribution >= 0.6 is 11.6 Å². The van der Waals surface area contributed by atoms with Crippen LogP contribution < -0.4 is 19.7 Å². The van der Waals surface area contributed by atoms with Crippen LogP contribution in [0.1, 0.15) is 23.6 Å². The van der Waals surface area contributed by atoms with E-state index >= 15 is 0 Å². The number of urea groups is 1. The molecule has 1 aliphatic heterocycles. The van der Waals surface area contributed by atoms with Crippen molar-refractivity contribution in [1.82, 2.24) is 5.32 Å². The van der Waals surface area contributed by atoms with Crippen LogP contribution in [0.25, 0.3) is 6.08 Å². The van der Waals surface area contributed by atoms with Gasteiger partial charge in [0.15, 0.2) is 11.5 Å². The van der Waals surface area contributed by atoms with E-state index in [1.807, 2.05) is 13.0 Å². The number of anilines is 1. The standard InChI is InChI=1S/C27H22ClN3O7/c1-3-37-23-14-18(13-22(28)24(23)38-15-17-7-9-19(10-8-17)31(35)36)12-21-25(32)29-27(34)30(26(21)33)20-6-4-5-16(2)11-20/h4-14H,3,15H2,1-2H3,(H,29,32,34)/b21-12+. The van der Waals surface area contributed by atoms with Crippen LogP contribution in [0.15, 0.2) is 66.2 Å². The molecule has 38 heavy (non-hydrogen) atoms. The summed E-state index contributed by atoms with van der Waals surface area (Å²) in [6.45, 7) is 3.93. The number of barbiturate groups is 1. The SMILES string of the molecule is CCOc1cc(/C=C2\C(=O)NC(=O)N(c3cccc(C)c3)C2=O)cc(Cl)c1OCc1ccc([N+](=O)[O-])cc1. The molecule has 0 saturated carbocycles. The molecular weight excluding hydrogens is 514 g/mol. The zero-order chi connectivity index (χ0) is 27.4. The highest BCUT2D eigenvalue weighted by molar-refractivity contribution is 6.39. The molecule has 0 aromatic heterocycles. The number of imide groups is 2. The summed E-state index contributed by atoms with van der Waals surface area (Å²) in [5.74, 6) is -1.12. The highest BCUT2D eigenvalue weighted by Crippen LogP contribution is 2.38. The van der Waals surface area contributed by atoms with Gasteiger partial charge in [-0.15, -0.1) is 0 Å². The summed E-state index contributed by atoms with van der Waals surface area (Å²) in [7, 11) is 0. The Morgan fingerprint density at radius 3 is 2.45 bits per heavy atom. The van der Waals surface area contributed by atoms with E-state index in [1.165, 1.54) is 24.3 Å². The second kappa shape index (κ2) is 11.1. The number of nitrogens with one attached hydrogen (secondary N) is 1. The lowest BCUT2D eigenvalue weighted by Crippen LogP contribution is -2.54. The molecule has 4 rings (SSSR count). The number of ether oxygens (including phenoxy) is 2. The molecule has 0 spiro atoms. The van der Waals surface area contributed by atoms with Crippen LogP contribution in [0, 0.1) is 17.0 Å². The van der Waals surface area contributed by atoms with Gasteiger partial charge in [-0.25, -0.2) is 9.69 Å². The Hall–Kier alpha value is -4.70. The van der Waals surface area contributed by atoms with Crippen LogP contribution in [-0.4, -0.2) is 29.4 Å². The number of hydrogen-bond acceptors (Lipinski definition) is 7. The number of carbonyl (C=O) groups is 3. The van der Waals surface area contributed by atoms with E-state index in [9.17, 15) is 24.5 Å². The summed E-state index contributed by atoms with van der Waals surface area (Å²) in [5, 5.41) is 13.2. The number of aryl methyl sites for hydroxylation is 1. The molecular formula is C27H22ClN3O7. The van der Waals surface area contributed by atoms with Crippen molar-refractivity contribution in [2.45, 2.75) is 20.5 Å². The first-order valence-electron chi connectivity index (χ1n) is 11.5. The van der Waals surface area contributed by atoms with Crippen molar-refractivity contribution in [3.05, 3.63) is 98.1 Å². The maximum absolute atomic E-state index is 13.2. The second-order valence-electron chi connectivity index (χ2n) is 8.27. The molecule has 0 bridgehead atoms. The van der Waals surface area contributed by atoms with E-state index in [4.69, 9.17) is 21.1 Å². The van der Waals surface area contributed by atoms with E-state index in [0.29, 0.717) is 16.8 Å². The van der Waals surface area contributed by atoms with Crippen molar-refractivity contribution < 1.29 is 28.8 Å². The minimum atomic E-state index is -0.842. The molecule has 1 saturated heterocycles. The average molecular weight is 536 g/mol. The topological polar surface area (TPSA) is 128 Å². The van der Waals surface area contributed by atoms with Gasteiger partial charge in [-0.3, -0.25) is 25.0 Å². The van der Waals surface area contributed by atoms with Crippen molar-refractivity contribution >= 4 is 46.9 Å². The molecule has 194 valence electrons.